The van der Waals surface area contributed by atoms with E-state index in [-0.39, 0.29) is 0 Å². The van der Waals surface area contributed by atoms with Gasteiger partial charge in [0.15, 0.2) is 17.0 Å². The molecule has 7 heteroatoms. The van der Waals surface area contributed by atoms with Gasteiger partial charge in [-0.2, -0.15) is 0 Å². The Morgan fingerprint density at radius 3 is 2.87 bits per heavy atom. The number of nitrogens with zero attached hydrogens (tertiary/aromatic N) is 5. The molecule has 2 N–H and O–H groups in total. The molecule has 6 nitrogen and oxygen atoms in total. The summed E-state index contributed by atoms with van der Waals surface area (Å²) in [5.74, 6) is 1.27. The molecular formula is C16H13ClN6. The fraction of sp³-hybridized carbons (Fsp3) is 0.125. The summed E-state index contributed by atoms with van der Waals surface area (Å²) < 4.78 is 1.94. The topological polar surface area (TPSA) is 82.5 Å². The standard InChI is InChI=1S/C16H13ClN6/c1-23-13(22-14-15(18)20-8-21-16(14)23)5-9-2-3-12-10(4-9)6-11(17)7-19-12/h2-4,6-8H,5H2,1H3,(H2,18,20,21). The van der Waals surface area contributed by atoms with Crippen molar-refractivity contribution in [3.05, 3.63) is 53.2 Å². The van der Waals surface area contributed by atoms with Gasteiger partial charge in [0, 0.05) is 25.1 Å². The van der Waals surface area contributed by atoms with Crippen LogP contribution < -0.4 is 5.73 Å². The minimum atomic E-state index is 0.395. The average molecular weight is 325 g/mol. The molecule has 0 saturated carbocycles. The quantitative estimate of drug-likeness (QED) is 0.613. The molecule has 0 unspecified atom stereocenters. The maximum absolute atomic E-state index is 6.02. The van der Waals surface area contributed by atoms with E-state index in [4.69, 9.17) is 17.3 Å². The maximum atomic E-state index is 6.02. The van der Waals surface area contributed by atoms with Gasteiger partial charge in [0.25, 0.3) is 0 Å². The van der Waals surface area contributed by atoms with Gasteiger partial charge in [-0.1, -0.05) is 17.7 Å². The highest BCUT2D eigenvalue weighted by Gasteiger charge is 2.12. The zero-order chi connectivity index (χ0) is 16.0. The molecule has 0 aliphatic heterocycles. The maximum Gasteiger partial charge on any atom is 0.165 e. The lowest BCUT2D eigenvalue weighted by Crippen LogP contribution is -2.00. The van der Waals surface area contributed by atoms with Crippen LogP contribution in [0.4, 0.5) is 5.82 Å². The largest absolute Gasteiger partial charge is 0.382 e. The summed E-state index contributed by atoms with van der Waals surface area (Å²) in [5, 5.41) is 1.63. The summed E-state index contributed by atoms with van der Waals surface area (Å²) in [6.07, 6.45) is 3.76. The van der Waals surface area contributed by atoms with Crippen molar-refractivity contribution in [1.82, 2.24) is 24.5 Å². The number of rotatable bonds is 2. The Morgan fingerprint density at radius 1 is 1.17 bits per heavy atom. The first kappa shape index (κ1) is 13.9. The lowest BCUT2D eigenvalue weighted by atomic mass is 10.1. The lowest BCUT2D eigenvalue weighted by molar-refractivity contribution is 0.835. The van der Waals surface area contributed by atoms with Crippen LogP contribution in [0.2, 0.25) is 5.02 Å². The van der Waals surface area contributed by atoms with Crippen molar-refractivity contribution in [2.75, 3.05) is 5.73 Å². The van der Waals surface area contributed by atoms with Crippen molar-refractivity contribution < 1.29 is 0 Å². The first-order valence-corrected chi connectivity index (χ1v) is 7.45. The highest BCUT2D eigenvalue weighted by molar-refractivity contribution is 6.31. The van der Waals surface area contributed by atoms with Gasteiger partial charge in [-0.25, -0.2) is 15.0 Å². The number of nitrogens with two attached hydrogens (primary N) is 1. The summed E-state index contributed by atoms with van der Waals surface area (Å²) in [6, 6.07) is 8.00. The van der Waals surface area contributed by atoms with Crippen LogP contribution in [0.25, 0.3) is 22.1 Å². The molecule has 0 bridgehead atoms. The van der Waals surface area contributed by atoms with Crippen molar-refractivity contribution in [3.8, 4) is 0 Å². The van der Waals surface area contributed by atoms with Gasteiger partial charge < -0.3 is 10.3 Å². The van der Waals surface area contributed by atoms with E-state index >= 15 is 0 Å². The van der Waals surface area contributed by atoms with Gasteiger partial charge in [-0.3, -0.25) is 4.98 Å². The summed E-state index contributed by atoms with van der Waals surface area (Å²) in [6.45, 7) is 0. The van der Waals surface area contributed by atoms with Gasteiger partial charge in [-0.15, -0.1) is 0 Å². The van der Waals surface area contributed by atoms with Crippen LogP contribution in [0.1, 0.15) is 11.4 Å². The minimum Gasteiger partial charge on any atom is -0.382 e. The van der Waals surface area contributed by atoms with Gasteiger partial charge in [0.05, 0.1) is 10.5 Å². The Hall–Kier alpha value is -2.73. The molecule has 0 atom stereocenters. The molecule has 23 heavy (non-hydrogen) atoms. The van der Waals surface area contributed by atoms with E-state index in [9.17, 15) is 0 Å². The Kier molecular flexibility index (Phi) is 3.12. The molecule has 3 heterocycles. The molecule has 4 rings (SSSR count). The molecule has 0 aliphatic carbocycles. The van der Waals surface area contributed by atoms with Crippen LogP contribution in [-0.2, 0) is 13.5 Å². The number of nitrogen functional groups attached to an aromatic ring is 1. The molecule has 0 saturated heterocycles. The number of fused-ring (bicyclic) bond motifs is 2. The predicted octanol–water partition coefficient (Wildman–Crippen LogP) is 2.74. The van der Waals surface area contributed by atoms with E-state index in [0.717, 1.165) is 27.9 Å². The van der Waals surface area contributed by atoms with E-state index in [1.807, 2.05) is 29.8 Å². The number of aromatic nitrogens is 5. The third kappa shape index (κ3) is 2.37. The number of imidazole rings is 1. The van der Waals surface area contributed by atoms with Crippen molar-refractivity contribution >= 4 is 39.5 Å². The molecule has 4 aromatic rings. The number of hydrogen-bond acceptors (Lipinski definition) is 5. The van der Waals surface area contributed by atoms with Crippen LogP contribution in [0, 0.1) is 0 Å². The van der Waals surface area contributed by atoms with Crippen molar-refractivity contribution in [3.63, 3.8) is 0 Å². The minimum absolute atomic E-state index is 0.395. The Morgan fingerprint density at radius 2 is 2.04 bits per heavy atom. The lowest BCUT2D eigenvalue weighted by Gasteiger charge is -2.04. The van der Waals surface area contributed by atoms with Crippen LogP contribution in [0.3, 0.4) is 0 Å². The molecule has 1 aromatic carbocycles. The van der Waals surface area contributed by atoms with Crippen LogP contribution in [0.15, 0.2) is 36.8 Å². The van der Waals surface area contributed by atoms with Gasteiger partial charge in [-0.05, 0) is 23.8 Å². The van der Waals surface area contributed by atoms with Crippen molar-refractivity contribution in [2.45, 2.75) is 6.42 Å². The van der Waals surface area contributed by atoms with Crippen LogP contribution in [0.5, 0.6) is 0 Å². The first-order chi connectivity index (χ1) is 11.1. The second kappa shape index (κ2) is 5.17. The summed E-state index contributed by atoms with van der Waals surface area (Å²) in [5.41, 5.74) is 9.27. The Labute approximate surface area is 137 Å². The van der Waals surface area contributed by atoms with Crippen molar-refractivity contribution in [2.24, 2.45) is 7.05 Å². The number of anilines is 1. The van der Waals surface area contributed by atoms with Gasteiger partial charge in [0.1, 0.15) is 12.2 Å². The van der Waals surface area contributed by atoms with E-state index in [1.165, 1.54) is 6.33 Å². The number of aryl methyl sites for hydroxylation is 1. The second-order valence-electron chi connectivity index (χ2n) is 5.38. The number of hydrogen-bond donors (Lipinski definition) is 1. The Bertz CT molecular complexity index is 1040. The first-order valence-electron chi connectivity index (χ1n) is 7.08. The normalized spacial score (nSPS) is 11.4. The molecular weight excluding hydrogens is 312 g/mol. The highest BCUT2D eigenvalue weighted by Crippen LogP contribution is 2.22. The van der Waals surface area contributed by atoms with E-state index in [1.54, 1.807) is 6.20 Å². The third-order valence-corrected chi connectivity index (χ3v) is 4.06. The average Bonchev–Trinajstić information content (AvgIpc) is 2.85. The fourth-order valence-corrected chi connectivity index (χ4v) is 2.83. The fourth-order valence-electron chi connectivity index (χ4n) is 2.67. The highest BCUT2D eigenvalue weighted by atomic mass is 35.5. The number of halogens is 1. The SMILES string of the molecule is Cn1c(Cc2ccc3ncc(Cl)cc3c2)nc2c(N)ncnc21. The van der Waals surface area contributed by atoms with Crippen LogP contribution in [-0.4, -0.2) is 24.5 Å². The zero-order valence-corrected chi connectivity index (χ0v) is 13.1. The smallest absolute Gasteiger partial charge is 0.165 e. The zero-order valence-electron chi connectivity index (χ0n) is 12.4. The van der Waals surface area contributed by atoms with Gasteiger partial charge >= 0.3 is 0 Å². The third-order valence-electron chi connectivity index (χ3n) is 3.85. The number of benzene rings is 1. The molecule has 0 aliphatic rings. The van der Waals surface area contributed by atoms with Gasteiger partial charge in [0.2, 0.25) is 0 Å². The molecule has 0 spiro atoms. The molecule has 0 amide bonds. The predicted molar refractivity (Wildman–Crippen MR) is 90.3 cm³/mol. The summed E-state index contributed by atoms with van der Waals surface area (Å²) >= 11 is 6.02. The Balaban J connectivity index is 1.78. The molecule has 0 radical (unpaired) electrons. The second-order valence-corrected chi connectivity index (χ2v) is 5.81. The molecule has 3 aromatic heterocycles. The molecule has 0 fully saturated rings. The van der Waals surface area contributed by atoms with E-state index in [0.29, 0.717) is 22.8 Å². The molecule has 114 valence electrons. The van der Waals surface area contributed by atoms with Crippen molar-refractivity contribution in [1.29, 1.82) is 0 Å². The van der Waals surface area contributed by atoms with E-state index < -0.39 is 0 Å². The number of pyridine rings is 1. The monoisotopic (exact) mass is 324 g/mol. The van der Waals surface area contributed by atoms with E-state index in [2.05, 4.69) is 26.0 Å². The summed E-state index contributed by atoms with van der Waals surface area (Å²) in [4.78, 5) is 17.1. The summed E-state index contributed by atoms with van der Waals surface area (Å²) in [7, 11) is 1.93. The van der Waals surface area contributed by atoms with Crippen LogP contribution >= 0.6 is 11.6 Å².